The Morgan fingerprint density at radius 3 is 2.47 bits per heavy atom. The number of hydrogen-bond donors (Lipinski definition) is 0. The number of benzene rings is 1. The summed E-state index contributed by atoms with van der Waals surface area (Å²) < 4.78 is 16.3. The number of rotatable bonds is 6. The summed E-state index contributed by atoms with van der Waals surface area (Å²) in [6.45, 7) is 2.00. The van der Waals surface area contributed by atoms with Crippen molar-refractivity contribution in [2.45, 2.75) is 24.7 Å². The highest BCUT2D eigenvalue weighted by atomic mass is 32.2. The van der Waals surface area contributed by atoms with E-state index in [1.165, 1.54) is 13.2 Å². The zero-order valence-electron chi connectivity index (χ0n) is 11.2. The Bertz CT molecular complexity index is 487. The Morgan fingerprint density at radius 1 is 1.21 bits per heavy atom. The van der Waals surface area contributed by atoms with Gasteiger partial charge in [-0.1, -0.05) is 29.8 Å². The molecule has 0 saturated heterocycles. The fraction of sp³-hybridized carbons (Fsp3) is 0.267. The van der Waals surface area contributed by atoms with Crippen LogP contribution in [0, 0.1) is 6.92 Å². The molecule has 1 rings (SSSR count). The minimum absolute atomic E-state index is 0.354. The van der Waals surface area contributed by atoms with E-state index in [2.05, 4.69) is 4.74 Å². The van der Waals surface area contributed by atoms with Gasteiger partial charge >= 0.3 is 5.97 Å². The van der Waals surface area contributed by atoms with Crippen molar-refractivity contribution >= 4 is 16.8 Å². The molecule has 0 amide bonds. The van der Waals surface area contributed by atoms with Crippen LogP contribution in [-0.4, -0.2) is 17.3 Å². The largest absolute Gasteiger partial charge is 0.466 e. The number of allylic oxidation sites excluding steroid dienone is 2. The molecule has 4 heteroatoms. The van der Waals surface area contributed by atoms with E-state index in [1.54, 1.807) is 11.5 Å². The molecular weight excluding hydrogens is 260 g/mol. The van der Waals surface area contributed by atoms with Crippen molar-refractivity contribution in [2.24, 2.45) is 0 Å². The summed E-state index contributed by atoms with van der Waals surface area (Å²) in [5.74, 6) is -0.354. The lowest BCUT2D eigenvalue weighted by molar-refractivity contribution is -0.134. The molecule has 0 aliphatic rings. The third-order valence-corrected chi connectivity index (χ3v) is 3.60. The van der Waals surface area contributed by atoms with Crippen molar-refractivity contribution in [1.29, 1.82) is 0 Å². The zero-order valence-corrected chi connectivity index (χ0v) is 12.0. The highest BCUT2D eigenvalue weighted by molar-refractivity contribution is 7.88. The number of hydrogen-bond acceptors (Lipinski definition) is 3. The number of carbonyl (C=O) groups excluding carboxylic acids is 1. The average Bonchev–Trinajstić information content (AvgIpc) is 2.42. The molecule has 1 atom stereocenters. The molecular formula is C15H18O3S. The zero-order chi connectivity index (χ0) is 14.1. The van der Waals surface area contributed by atoms with Gasteiger partial charge in [0.05, 0.1) is 17.9 Å². The van der Waals surface area contributed by atoms with E-state index in [0.29, 0.717) is 0 Å². The first kappa shape index (κ1) is 15.4. The topological polar surface area (TPSA) is 43.4 Å². The first-order valence-electron chi connectivity index (χ1n) is 6.02. The third kappa shape index (κ3) is 6.15. The van der Waals surface area contributed by atoms with Crippen LogP contribution in [0.25, 0.3) is 0 Å². The fourth-order valence-electron chi connectivity index (χ4n) is 1.35. The lowest BCUT2D eigenvalue weighted by Crippen LogP contribution is -1.93. The maximum Gasteiger partial charge on any atom is 0.330 e. The van der Waals surface area contributed by atoms with Gasteiger partial charge < -0.3 is 4.74 Å². The lowest BCUT2D eigenvalue weighted by atomic mass is 10.2. The van der Waals surface area contributed by atoms with Gasteiger partial charge in [-0.05, 0) is 31.9 Å². The van der Waals surface area contributed by atoms with Crippen molar-refractivity contribution in [2.75, 3.05) is 7.11 Å². The lowest BCUT2D eigenvalue weighted by Gasteiger charge is -1.97. The van der Waals surface area contributed by atoms with E-state index >= 15 is 0 Å². The Morgan fingerprint density at radius 2 is 1.84 bits per heavy atom. The Hall–Kier alpha value is -1.68. The predicted octanol–water partition coefficient (Wildman–Crippen LogP) is 3.13. The van der Waals surface area contributed by atoms with Crippen LogP contribution in [0.2, 0.25) is 0 Å². The third-order valence-electron chi connectivity index (χ3n) is 2.43. The SMILES string of the molecule is COC(=O)/C=C/CC/C=C\S(=O)c1ccc(C)cc1. The quantitative estimate of drug-likeness (QED) is 0.456. The minimum Gasteiger partial charge on any atom is -0.466 e. The number of unbranched alkanes of at least 4 members (excludes halogenated alkanes) is 1. The Labute approximate surface area is 116 Å². The van der Waals surface area contributed by atoms with E-state index in [0.717, 1.165) is 23.3 Å². The maximum absolute atomic E-state index is 11.9. The molecule has 0 radical (unpaired) electrons. The molecule has 0 N–H and O–H groups in total. The Kier molecular flexibility index (Phi) is 6.82. The summed E-state index contributed by atoms with van der Waals surface area (Å²) in [5, 5.41) is 1.68. The molecule has 0 aliphatic carbocycles. The summed E-state index contributed by atoms with van der Waals surface area (Å²) >= 11 is 0. The number of ether oxygens (including phenoxy) is 1. The van der Waals surface area contributed by atoms with Gasteiger partial charge in [-0.15, -0.1) is 0 Å². The molecule has 1 aromatic rings. The second kappa shape index (κ2) is 8.43. The van der Waals surface area contributed by atoms with Gasteiger partial charge in [0.2, 0.25) is 0 Å². The minimum atomic E-state index is -1.10. The van der Waals surface area contributed by atoms with Crippen LogP contribution < -0.4 is 0 Å². The second-order valence-corrected chi connectivity index (χ2v) is 5.32. The van der Waals surface area contributed by atoms with E-state index in [1.807, 2.05) is 37.3 Å². The summed E-state index contributed by atoms with van der Waals surface area (Å²) in [7, 11) is 0.241. The molecule has 1 unspecified atom stereocenters. The van der Waals surface area contributed by atoms with Crippen molar-refractivity contribution in [3.05, 3.63) is 53.5 Å². The fourth-order valence-corrected chi connectivity index (χ4v) is 2.22. The highest BCUT2D eigenvalue weighted by Crippen LogP contribution is 2.09. The van der Waals surface area contributed by atoms with Crippen LogP contribution in [0.15, 0.2) is 52.8 Å². The van der Waals surface area contributed by atoms with Crippen molar-refractivity contribution in [1.82, 2.24) is 0 Å². The first-order chi connectivity index (χ1) is 9.13. The van der Waals surface area contributed by atoms with E-state index in [4.69, 9.17) is 0 Å². The number of carbonyl (C=O) groups is 1. The second-order valence-electron chi connectivity index (χ2n) is 3.99. The first-order valence-corrected chi connectivity index (χ1v) is 7.23. The summed E-state index contributed by atoms with van der Waals surface area (Å²) in [6.07, 6.45) is 6.45. The predicted molar refractivity (Wildman–Crippen MR) is 77.1 cm³/mol. The van der Waals surface area contributed by atoms with Gasteiger partial charge in [-0.2, -0.15) is 0 Å². The van der Waals surface area contributed by atoms with Crippen molar-refractivity contribution in [3.63, 3.8) is 0 Å². The van der Waals surface area contributed by atoms with Crippen molar-refractivity contribution < 1.29 is 13.7 Å². The molecule has 102 valence electrons. The van der Waals surface area contributed by atoms with Crippen LogP contribution in [0.4, 0.5) is 0 Å². The van der Waals surface area contributed by atoms with Gasteiger partial charge in [0.15, 0.2) is 0 Å². The summed E-state index contributed by atoms with van der Waals surface area (Å²) in [5.41, 5.74) is 1.15. The van der Waals surface area contributed by atoms with E-state index < -0.39 is 10.8 Å². The number of methoxy groups -OCH3 is 1. The van der Waals surface area contributed by atoms with Crippen LogP contribution in [0.1, 0.15) is 18.4 Å². The molecule has 1 aromatic carbocycles. The van der Waals surface area contributed by atoms with Gasteiger partial charge in [0.1, 0.15) is 0 Å². The van der Waals surface area contributed by atoms with Crippen LogP contribution in [0.3, 0.4) is 0 Å². The molecule has 0 spiro atoms. The molecule has 0 aromatic heterocycles. The smallest absolute Gasteiger partial charge is 0.330 e. The maximum atomic E-state index is 11.9. The van der Waals surface area contributed by atoms with Gasteiger partial charge in [-0.25, -0.2) is 9.00 Å². The van der Waals surface area contributed by atoms with Crippen LogP contribution in [0.5, 0.6) is 0 Å². The molecule has 0 aliphatic heterocycles. The molecule has 0 heterocycles. The highest BCUT2D eigenvalue weighted by Gasteiger charge is 1.97. The molecule has 19 heavy (non-hydrogen) atoms. The summed E-state index contributed by atoms with van der Waals surface area (Å²) in [6, 6.07) is 7.63. The molecule has 0 saturated carbocycles. The van der Waals surface area contributed by atoms with Crippen LogP contribution in [-0.2, 0) is 20.3 Å². The number of aryl methyl sites for hydroxylation is 1. The van der Waals surface area contributed by atoms with Crippen LogP contribution >= 0.6 is 0 Å². The average molecular weight is 278 g/mol. The number of esters is 1. The molecule has 0 fully saturated rings. The normalized spacial score (nSPS) is 12.9. The van der Waals surface area contributed by atoms with Gasteiger partial charge in [0, 0.05) is 16.4 Å². The van der Waals surface area contributed by atoms with Crippen molar-refractivity contribution in [3.8, 4) is 0 Å². The van der Waals surface area contributed by atoms with Gasteiger partial charge in [0.25, 0.3) is 0 Å². The monoisotopic (exact) mass is 278 g/mol. The summed E-state index contributed by atoms with van der Waals surface area (Å²) in [4.78, 5) is 11.6. The standard InChI is InChI=1S/C15H18O3S/c1-13-8-10-14(11-9-13)19(17)12-6-4-3-5-7-15(16)18-2/h5-12H,3-4H2,1-2H3/b7-5+,12-6-. The van der Waals surface area contributed by atoms with E-state index in [-0.39, 0.29) is 5.97 Å². The molecule has 3 nitrogen and oxygen atoms in total. The van der Waals surface area contributed by atoms with Gasteiger partial charge in [-0.3, -0.25) is 0 Å². The van der Waals surface area contributed by atoms with E-state index in [9.17, 15) is 9.00 Å². The Balaban J connectivity index is 2.37. The molecule has 0 bridgehead atoms.